The van der Waals surface area contributed by atoms with Crippen molar-refractivity contribution in [2.45, 2.75) is 13.5 Å². The largest absolute Gasteiger partial charge is 0.396 e. The monoisotopic (exact) mass is 250 g/mol. The van der Waals surface area contributed by atoms with Crippen LogP contribution in [0.2, 0.25) is 0 Å². The molecule has 2 rings (SSSR count). The lowest BCUT2D eigenvalue weighted by Crippen LogP contribution is -2.24. The van der Waals surface area contributed by atoms with Crippen LogP contribution in [0.15, 0.2) is 17.0 Å². The first-order valence-electron chi connectivity index (χ1n) is 5.17. The van der Waals surface area contributed by atoms with Gasteiger partial charge in [-0.3, -0.25) is 9.48 Å². The number of thiophene rings is 1. The van der Waals surface area contributed by atoms with Crippen LogP contribution in [-0.2, 0) is 13.6 Å². The molecule has 6 heteroatoms. The molecule has 3 N–H and O–H groups in total. The lowest BCUT2D eigenvalue weighted by atomic mass is 10.2. The predicted octanol–water partition coefficient (Wildman–Crippen LogP) is 1.30. The fourth-order valence-electron chi connectivity index (χ4n) is 1.51. The molecule has 0 aliphatic rings. The van der Waals surface area contributed by atoms with Gasteiger partial charge >= 0.3 is 0 Å². The maximum Gasteiger partial charge on any atom is 0.274 e. The van der Waals surface area contributed by atoms with Gasteiger partial charge in [0.05, 0.1) is 5.69 Å². The minimum Gasteiger partial charge on any atom is -0.396 e. The van der Waals surface area contributed by atoms with E-state index in [1.807, 2.05) is 12.3 Å². The third kappa shape index (κ3) is 2.47. The van der Waals surface area contributed by atoms with Crippen molar-refractivity contribution in [3.05, 3.63) is 33.8 Å². The number of nitrogens with zero attached hydrogens (tertiary/aromatic N) is 2. The molecule has 0 fully saturated rings. The molecule has 0 spiro atoms. The second-order valence-electron chi connectivity index (χ2n) is 3.87. The second kappa shape index (κ2) is 4.58. The van der Waals surface area contributed by atoms with Crippen molar-refractivity contribution in [1.82, 2.24) is 15.1 Å². The molecule has 0 bridgehead atoms. The van der Waals surface area contributed by atoms with E-state index in [0.717, 1.165) is 5.56 Å². The van der Waals surface area contributed by atoms with E-state index in [9.17, 15) is 4.79 Å². The van der Waals surface area contributed by atoms with Gasteiger partial charge in [0.15, 0.2) is 5.69 Å². The van der Waals surface area contributed by atoms with Gasteiger partial charge in [0.25, 0.3) is 5.91 Å². The van der Waals surface area contributed by atoms with E-state index in [2.05, 4.69) is 15.8 Å². The average Bonchev–Trinajstić information content (AvgIpc) is 2.81. The predicted molar refractivity (Wildman–Crippen MR) is 67.8 cm³/mol. The number of hydrogen-bond acceptors (Lipinski definition) is 4. The first kappa shape index (κ1) is 11.7. The van der Waals surface area contributed by atoms with Crippen LogP contribution in [0.3, 0.4) is 0 Å². The standard InChI is InChI=1S/C11H14N4OS/c1-7-5-17-6-8(7)3-13-11(16)10-9(12)4-15(2)14-10/h4-6H,3,12H2,1-2H3,(H,13,16). The Morgan fingerprint density at radius 3 is 2.88 bits per heavy atom. The van der Waals surface area contributed by atoms with Gasteiger partial charge in [-0.15, -0.1) is 0 Å². The van der Waals surface area contributed by atoms with Gasteiger partial charge in [0.1, 0.15) is 0 Å². The number of carbonyl (C=O) groups is 1. The first-order chi connectivity index (χ1) is 8.08. The molecule has 2 aromatic rings. The molecular formula is C11H14N4OS. The Kier molecular flexibility index (Phi) is 3.14. The highest BCUT2D eigenvalue weighted by molar-refractivity contribution is 7.08. The summed E-state index contributed by atoms with van der Waals surface area (Å²) in [5.41, 5.74) is 8.66. The third-order valence-corrected chi connectivity index (χ3v) is 3.38. The van der Waals surface area contributed by atoms with E-state index in [1.54, 1.807) is 24.6 Å². The van der Waals surface area contributed by atoms with Crippen molar-refractivity contribution in [3.63, 3.8) is 0 Å². The van der Waals surface area contributed by atoms with E-state index in [4.69, 9.17) is 5.73 Å². The van der Waals surface area contributed by atoms with E-state index in [1.165, 1.54) is 10.2 Å². The van der Waals surface area contributed by atoms with Crippen LogP contribution in [0, 0.1) is 6.92 Å². The summed E-state index contributed by atoms with van der Waals surface area (Å²) in [6.45, 7) is 2.53. The highest BCUT2D eigenvalue weighted by Gasteiger charge is 2.13. The zero-order valence-corrected chi connectivity index (χ0v) is 10.5. The molecule has 0 aliphatic heterocycles. The van der Waals surface area contributed by atoms with Gasteiger partial charge in [-0.1, -0.05) is 0 Å². The summed E-state index contributed by atoms with van der Waals surface area (Å²) >= 11 is 1.63. The molecular weight excluding hydrogens is 236 g/mol. The highest BCUT2D eigenvalue weighted by atomic mass is 32.1. The lowest BCUT2D eigenvalue weighted by Gasteiger charge is -2.03. The molecule has 90 valence electrons. The van der Waals surface area contributed by atoms with Gasteiger partial charge in [-0.25, -0.2) is 0 Å². The number of rotatable bonds is 3. The zero-order valence-electron chi connectivity index (χ0n) is 9.73. The van der Waals surface area contributed by atoms with E-state index in [0.29, 0.717) is 12.2 Å². The molecule has 0 aromatic carbocycles. The average molecular weight is 250 g/mol. The number of hydrogen-bond donors (Lipinski definition) is 2. The molecule has 0 aliphatic carbocycles. The van der Waals surface area contributed by atoms with Crippen LogP contribution < -0.4 is 11.1 Å². The smallest absolute Gasteiger partial charge is 0.274 e. The van der Waals surface area contributed by atoms with Gasteiger partial charge in [0, 0.05) is 19.8 Å². The van der Waals surface area contributed by atoms with E-state index < -0.39 is 0 Å². The topological polar surface area (TPSA) is 72.9 Å². The van der Waals surface area contributed by atoms with Crippen LogP contribution in [0.4, 0.5) is 5.69 Å². The molecule has 0 saturated carbocycles. The van der Waals surface area contributed by atoms with Crippen LogP contribution in [0.1, 0.15) is 21.6 Å². The molecule has 1 amide bonds. The molecule has 17 heavy (non-hydrogen) atoms. The fourth-order valence-corrected chi connectivity index (χ4v) is 2.37. The van der Waals surface area contributed by atoms with E-state index >= 15 is 0 Å². The Bertz CT molecular complexity index is 543. The maximum absolute atomic E-state index is 11.8. The minimum absolute atomic E-state index is 0.242. The molecule has 0 atom stereocenters. The van der Waals surface area contributed by atoms with Crippen molar-refractivity contribution in [2.24, 2.45) is 7.05 Å². The number of nitrogens with one attached hydrogen (secondary N) is 1. The Hall–Kier alpha value is -1.82. The number of nitrogens with two attached hydrogens (primary N) is 1. The molecule has 0 saturated heterocycles. The van der Waals surface area contributed by atoms with Crippen molar-refractivity contribution >= 4 is 22.9 Å². The summed E-state index contributed by atoms with van der Waals surface area (Å²) in [6.07, 6.45) is 1.62. The van der Waals surface area contributed by atoms with Crippen LogP contribution in [-0.4, -0.2) is 15.7 Å². The number of aryl methyl sites for hydroxylation is 2. The van der Waals surface area contributed by atoms with Crippen molar-refractivity contribution in [2.75, 3.05) is 5.73 Å². The second-order valence-corrected chi connectivity index (χ2v) is 4.61. The molecule has 5 nitrogen and oxygen atoms in total. The zero-order chi connectivity index (χ0) is 12.4. The van der Waals surface area contributed by atoms with Gasteiger partial charge in [0.2, 0.25) is 0 Å². The first-order valence-corrected chi connectivity index (χ1v) is 6.11. The Labute approximate surface area is 103 Å². The van der Waals surface area contributed by atoms with Crippen molar-refractivity contribution < 1.29 is 4.79 Å². The number of aromatic nitrogens is 2. The number of amides is 1. The maximum atomic E-state index is 11.8. The van der Waals surface area contributed by atoms with Crippen molar-refractivity contribution in [1.29, 1.82) is 0 Å². The SMILES string of the molecule is Cc1cscc1CNC(=O)c1nn(C)cc1N. The Morgan fingerprint density at radius 2 is 2.35 bits per heavy atom. The molecule has 2 heterocycles. The van der Waals surface area contributed by atoms with Crippen LogP contribution >= 0.6 is 11.3 Å². The summed E-state index contributed by atoms with van der Waals surface area (Å²) in [6, 6.07) is 0. The quantitative estimate of drug-likeness (QED) is 0.862. The molecule has 0 radical (unpaired) electrons. The van der Waals surface area contributed by atoms with Gasteiger partial charge in [-0.05, 0) is 28.8 Å². The fraction of sp³-hybridized carbons (Fsp3) is 0.273. The third-order valence-electron chi connectivity index (χ3n) is 2.47. The number of carbonyl (C=O) groups excluding carboxylic acids is 1. The summed E-state index contributed by atoms with van der Waals surface area (Å²) in [7, 11) is 1.73. The van der Waals surface area contributed by atoms with Crippen LogP contribution in [0.5, 0.6) is 0 Å². The molecule has 0 unspecified atom stereocenters. The van der Waals surface area contributed by atoms with Crippen LogP contribution in [0.25, 0.3) is 0 Å². The normalized spacial score (nSPS) is 10.5. The summed E-state index contributed by atoms with van der Waals surface area (Å²) in [5.74, 6) is -0.242. The van der Waals surface area contributed by atoms with Crippen molar-refractivity contribution in [3.8, 4) is 0 Å². The Balaban J connectivity index is 2.03. The number of anilines is 1. The molecule has 2 aromatic heterocycles. The summed E-state index contributed by atoms with van der Waals surface area (Å²) < 4.78 is 1.53. The highest BCUT2D eigenvalue weighted by Crippen LogP contribution is 2.14. The summed E-state index contributed by atoms with van der Waals surface area (Å²) in [5, 5.41) is 10.9. The lowest BCUT2D eigenvalue weighted by molar-refractivity contribution is 0.0946. The Morgan fingerprint density at radius 1 is 1.59 bits per heavy atom. The number of nitrogen functional groups attached to an aromatic ring is 1. The van der Waals surface area contributed by atoms with E-state index in [-0.39, 0.29) is 11.6 Å². The minimum atomic E-state index is -0.242. The van der Waals surface area contributed by atoms with Gasteiger partial charge < -0.3 is 11.1 Å². The van der Waals surface area contributed by atoms with Gasteiger partial charge in [-0.2, -0.15) is 16.4 Å². The summed E-state index contributed by atoms with van der Waals surface area (Å²) in [4.78, 5) is 11.8.